The van der Waals surface area contributed by atoms with Crippen LogP contribution < -0.4 is 10.1 Å². The number of aromatic hydroxyl groups is 1. The molecule has 2 aromatic carbocycles. The number of halogens is 1. The van der Waals surface area contributed by atoms with Crippen molar-refractivity contribution in [2.75, 3.05) is 7.11 Å². The Morgan fingerprint density at radius 1 is 1.25 bits per heavy atom. The number of ether oxygens (including phenoxy) is 1. The van der Waals surface area contributed by atoms with E-state index < -0.39 is 0 Å². The maximum absolute atomic E-state index is 9.80. The number of nitrogens with one attached hydrogen (secondary N) is 1. The molecule has 0 fully saturated rings. The van der Waals surface area contributed by atoms with Crippen molar-refractivity contribution in [2.24, 2.45) is 0 Å². The van der Waals surface area contributed by atoms with Crippen LogP contribution in [0.1, 0.15) is 24.1 Å². The molecule has 0 aliphatic carbocycles. The Morgan fingerprint density at radius 2 is 2.00 bits per heavy atom. The number of hydrogen-bond acceptors (Lipinski definition) is 3. The standard InChI is InChI=1S/C16H18ClNO2/c1-11(14-5-3-4-6-16(14)20-2)18-10-12-9-13(17)7-8-15(12)19/h3-9,11,18-19H,10H2,1-2H3. The number of benzene rings is 2. The van der Waals surface area contributed by atoms with Gasteiger partial charge in [0.25, 0.3) is 0 Å². The van der Waals surface area contributed by atoms with Crippen molar-refractivity contribution < 1.29 is 9.84 Å². The molecule has 0 amide bonds. The second kappa shape index (κ2) is 6.64. The summed E-state index contributed by atoms with van der Waals surface area (Å²) in [7, 11) is 1.66. The molecule has 0 radical (unpaired) electrons. The molecule has 3 nitrogen and oxygen atoms in total. The van der Waals surface area contributed by atoms with E-state index in [1.807, 2.05) is 24.3 Å². The number of para-hydroxylation sites is 1. The lowest BCUT2D eigenvalue weighted by molar-refractivity contribution is 0.401. The van der Waals surface area contributed by atoms with Gasteiger partial charge < -0.3 is 15.2 Å². The lowest BCUT2D eigenvalue weighted by Gasteiger charge is -2.17. The van der Waals surface area contributed by atoms with Crippen LogP contribution in [-0.2, 0) is 6.54 Å². The van der Waals surface area contributed by atoms with Crippen molar-refractivity contribution in [3.8, 4) is 11.5 Å². The summed E-state index contributed by atoms with van der Waals surface area (Å²) in [5.41, 5.74) is 1.86. The van der Waals surface area contributed by atoms with Crippen LogP contribution in [0.15, 0.2) is 42.5 Å². The SMILES string of the molecule is COc1ccccc1C(C)NCc1cc(Cl)ccc1O. The second-order valence-electron chi connectivity index (χ2n) is 4.62. The van der Waals surface area contributed by atoms with E-state index in [-0.39, 0.29) is 11.8 Å². The fraction of sp³-hybridized carbons (Fsp3) is 0.250. The van der Waals surface area contributed by atoms with Crippen molar-refractivity contribution in [1.29, 1.82) is 0 Å². The van der Waals surface area contributed by atoms with E-state index in [9.17, 15) is 5.11 Å². The van der Waals surface area contributed by atoms with E-state index >= 15 is 0 Å². The van der Waals surface area contributed by atoms with Gasteiger partial charge in [-0.2, -0.15) is 0 Å². The van der Waals surface area contributed by atoms with E-state index in [1.54, 1.807) is 25.3 Å². The van der Waals surface area contributed by atoms with Crippen LogP contribution in [0.3, 0.4) is 0 Å². The lowest BCUT2D eigenvalue weighted by Crippen LogP contribution is -2.18. The number of rotatable bonds is 5. The highest BCUT2D eigenvalue weighted by Crippen LogP contribution is 2.26. The molecule has 0 aromatic heterocycles. The van der Waals surface area contributed by atoms with Gasteiger partial charge in [0, 0.05) is 28.7 Å². The van der Waals surface area contributed by atoms with Gasteiger partial charge in [-0.3, -0.25) is 0 Å². The number of methoxy groups -OCH3 is 1. The third-order valence-electron chi connectivity index (χ3n) is 3.25. The fourth-order valence-corrected chi connectivity index (χ4v) is 2.29. The first-order valence-electron chi connectivity index (χ1n) is 6.45. The molecule has 4 heteroatoms. The minimum absolute atomic E-state index is 0.101. The Morgan fingerprint density at radius 3 is 2.75 bits per heavy atom. The number of phenolic OH excluding ortho intramolecular Hbond substituents is 1. The highest BCUT2D eigenvalue weighted by molar-refractivity contribution is 6.30. The minimum Gasteiger partial charge on any atom is -0.508 e. The van der Waals surface area contributed by atoms with E-state index in [4.69, 9.17) is 16.3 Å². The Balaban J connectivity index is 2.08. The average Bonchev–Trinajstić information content (AvgIpc) is 2.47. The zero-order valence-electron chi connectivity index (χ0n) is 11.6. The van der Waals surface area contributed by atoms with E-state index in [2.05, 4.69) is 12.2 Å². The average molecular weight is 292 g/mol. The zero-order valence-corrected chi connectivity index (χ0v) is 12.3. The molecule has 2 aromatic rings. The van der Waals surface area contributed by atoms with E-state index in [0.717, 1.165) is 16.9 Å². The molecular weight excluding hydrogens is 274 g/mol. The van der Waals surface area contributed by atoms with Gasteiger partial charge in [-0.05, 0) is 31.2 Å². The van der Waals surface area contributed by atoms with Gasteiger partial charge in [-0.1, -0.05) is 29.8 Å². The van der Waals surface area contributed by atoms with E-state index in [0.29, 0.717) is 11.6 Å². The summed E-state index contributed by atoms with van der Waals surface area (Å²) in [6, 6.07) is 13.0. The van der Waals surface area contributed by atoms with Crippen LogP contribution >= 0.6 is 11.6 Å². The van der Waals surface area contributed by atoms with Crippen LogP contribution in [0.2, 0.25) is 5.02 Å². The third kappa shape index (κ3) is 3.44. The third-order valence-corrected chi connectivity index (χ3v) is 3.48. The Labute approximate surface area is 124 Å². The van der Waals surface area contributed by atoms with Crippen molar-refractivity contribution in [3.63, 3.8) is 0 Å². The molecule has 1 unspecified atom stereocenters. The molecule has 0 saturated carbocycles. The Bertz CT molecular complexity index is 586. The van der Waals surface area contributed by atoms with E-state index in [1.165, 1.54) is 0 Å². The van der Waals surface area contributed by atoms with Gasteiger partial charge in [0.1, 0.15) is 11.5 Å². The van der Waals surface area contributed by atoms with Crippen LogP contribution in [-0.4, -0.2) is 12.2 Å². The fourth-order valence-electron chi connectivity index (χ4n) is 2.09. The molecule has 20 heavy (non-hydrogen) atoms. The van der Waals surface area contributed by atoms with Crippen molar-refractivity contribution in [1.82, 2.24) is 5.32 Å². The van der Waals surface area contributed by atoms with Crippen LogP contribution in [0.5, 0.6) is 11.5 Å². The van der Waals surface area contributed by atoms with Crippen LogP contribution in [0.4, 0.5) is 0 Å². The highest BCUT2D eigenvalue weighted by atomic mass is 35.5. The molecule has 2 rings (SSSR count). The second-order valence-corrected chi connectivity index (χ2v) is 5.05. The van der Waals surface area contributed by atoms with Crippen molar-refractivity contribution in [2.45, 2.75) is 19.5 Å². The first-order chi connectivity index (χ1) is 9.61. The molecule has 0 spiro atoms. The van der Waals surface area contributed by atoms with Gasteiger partial charge in [-0.15, -0.1) is 0 Å². The van der Waals surface area contributed by atoms with Gasteiger partial charge in [-0.25, -0.2) is 0 Å². The maximum atomic E-state index is 9.80. The molecule has 0 aliphatic rings. The summed E-state index contributed by atoms with van der Waals surface area (Å²) in [6.45, 7) is 2.59. The minimum atomic E-state index is 0.101. The molecule has 0 bridgehead atoms. The quantitative estimate of drug-likeness (QED) is 0.878. The summed E-state index contributed by atoms with van der Waals surface area (Å²) in [5, 5.41) is 13.8. The summed E-state index contributed by atoms with van der Waals surface area (Å²) in [4.78, 5) is 0. The molecule has 0 heterocycles. The topological polar surface area (TPSA) is 41.5 Å². The summed E-state index contributed by atoms with van der Waals surface area (Å²) >= 11 is 5.94. The molecule has 2 N–H and O–H groups in total. The zero-order chi connectivity index (χ0) is 14.5. The maximum Gasteiger partial charge on any atom is 0.123 e. The van der Waals surface area contributed by atoms with Gasteiger partial charge in [0.2, 0.25) is 0 Å². The summed E-state index contributed by atoms with van der Waals surface area (Å²) in [5.74, 6) is 1.09. The number of hydrogen-bond donors (Lipinski definition) is 2. The predicted molar refractivity (Wildman–Crippen MR) is 81.4 cm³/mol. The Kier molecular flexibility index (Phi) is 4.88. The molecule has 1 atom stereocenters. The Hall–Kier alpha value is -1.71. The highest BCUT2D eigenvalue weighted by Gasteiger charge is 2.11. The predicted octanol–water partition coefficient (Wildman–Crippen LogP) is 3.91. The smallest absolute Gasteiger partial charge is 0.123 e. The van der Waals surface area contributed by atoms with Crippen LogP contribution in [0.25, 0.3) is 0 Å². The van der Waals surface area contributed by atoms with Crippen LogP contribution in [0, 0.1) is 0 Å². The molecule has 0 saturated heterocycles. The van der Waals surface area contributed by atoms with Crippen molar-refractivity contribution >= 4 is 11.6 Å². The first kappa shape index (κ1) is 14.7. The van der Waals surface area contributed by atoms with Gasteiger partial charge >= 0.3 is 0 Å². The van der Waals surface area contributed by atoms with Gasteiger partial charge in [0.05, 0.1) is 7.11 Å². The largest absolute Gasteiger partial charge is 0.508 e. The normalized spacial score (nSPS) is 12.2. The first-order valence-corrected chi connectivity index (χ1v) is 6.83. The van der Waals surface area contributed by atoms with Gasteiger partial charge in [0.15, 0.2) is 0 Å². The summed E-state index contributed by atoms with van der Waals surface area (Å²) < 4.78 is 5.35. The monoisotopic (exact) mass is 291 g/mol. The molecular formula is C16H18ClNO2. The number of phenols is 1. The molecule has 106 valence electrons. The lowest BCUT2D eigenvalue weighted by atomic mass is 10.1. The van der Waals surface area contributed by atoms with Crippen molar-refractivity contribution in [3.05, 3.63) is 58.6 Å². The summed E-state index contributed by atoms with van der Waals surface area (Å²) in [6.07, 6.45) is 0. The molecule has 0 aliphatic heterocycles.